The Bertz CT molecular complexity index is 829. The van der Waals surface area contributed by atoms with E-state index in [1.807, 2.05) is 35.2 Å². The van der Waals surface area contributed by atoms with Gasteiger partial charge in [-0.15, -0.1) is 10.2 Å². The summed E-state index contributed by atoms with van der Waals surface area (Å²) in [5, 5.41) is 9.53. The molecule has 1 atom stereocenters. The molecule has 0 radical (unpaired) electrons. The van der Waals surface area contributed by atoms with Crippen LogP contribution in [0.5, 0.6) is 0 Å². The number of hydrogen-bond acceptors (Lipinski definition) is 3. The van der Waals surface area contributed by atoms with Gasteiger partial charge in [0.2, 0.25) is 5.91 Å². The molecule has 6 heteroatoms. The molecule has 2 aliphatic rings. The summed E-state index contributed by atoms with van der Waals surface area (Å²) < 4.78 is 2.25. The Balaban J connectivity index is 1.53. The minimum absolute atomic E-state index is 0.0263. The van der Waals surface area contributed by atoms with Crippen LogP contribution < -0.4 is 0 Å². The Labute approximate surface area is 158 Å². The lowest BCUT2D eigenvalue weighted by atomic mass is 10.2. The highest BCUT2D eigenvalue weighted by Crippen LogP contribution is 2.32. The van der Waals surface area contributed by atoms with Crippen LogP contribution in [0.25, 0.3) is 6.08 Å². The number of amides is 1. The maximum Gasteiger partial charge on any atom is 0.247 e. The number of aromatic nitrogens is 3. The fourth-order valence-corrected chi connectivity index (χ4v) is 4.13. The number of fused-ring (bicyclic) bond motifs is 1. The summed E-state index contributed by atoms with van der Waals surface area (Å²) in [6.07, 6.45) is 9.98. The van der Waals surface area contributed by atoms with Crippen LogP contribution >= 0.6 is 11.6 Å². The van der Waals surface area contributed by atoms with Crippen LogP contribution in [0.2, 0.25) is 5.02 Å². The molecule has 1 amide bonds. The number of nitrogens with zero attached hydrogens (tertiary/aromatic N) is 4. The molecule has 0 saturated carbocycles. The van der Waals surface area contributed by atoms with Crippen molar-refractivity contribution in [2.75, 3.05) is 6.54 Å². The Morgan fingerprint density at radius 2 is 2.08 bits per heavy atom. The van der Waals surface area contributed by atoms with E-state index in [0.717, 1.165) is 56.0 Å². The van der Waals surface area contributed by atoms with Crippen LogP contribution in [-0.4, -0.2) is 32.1 Å². The first-order valence-corrected chi connectivity index (χ1v) is 9.76. The highest BCUT2D eigenvalue weighted by atomic mass is 35.5. The van der Waals surface area contributed by atoms with Crippen molar-refractivity contribution in [3.8, 4) is 0 Å². The number of aryl methyl sites for hydroxylation is 1. The van der Waals surface area contributed by atoms with Gasteiger partial charge in [-0.05, 0) is 49.5 Å². The Kier molecular flexibility index (Phi) is 5.07. The third kappa shape index (κ3) is 3.54. The zero-order valence-corrected chi connectivity index (χ0v) is 15.5. The number of hydrogen-bond donors (Lipinski definition) is 0. The van der Waals surface area contributed by atoms with E-state index in [1.54, 1.807) is 6.08 Å². The summed E-state index contributed by atoms with van der Waals surface area (Å²) in [6, 6.07) is 7.54. The maximum absolute atomic E-state index is 12.8. The average Bonchev–Trinajstić information content (AvgIpc) is 3.21. The number of carbonyl (C=O) groups excluding carboxylic acids is 1. The summed E-state index contributed by atoms with van der Waals surface area (Å²) >= 11 is 6.01. The second-order valence-corrected chi connectivity index (χ2v) is 7.45. The molecule has 26 heavy (non-hydrogen) atoms. The SMILES string of the molecule is O=C(/C=C/c1cccc(Cl)c1)N1CCCC1c1nnc2n1CCCCC2. The zero-order valence-electron chi connectivity index (χ0n) is 14.8. The summed E-state index contributed by atoms with van der Waals surface area (Å²) in [4.78, 5) is 14.7. The van der Waals surface area contributed by atoms with E-state index in [4.69, 9.17) is 11.6 Å². The molecule has 4 rings (SSSR count). The van der Waals surface area contributed by atoms with Crippen molar-refractivity contribution in [1.82, 2.24) is 19.7 Å². The smallest absolute Gasteiger partial charge is 0.247 e. The highest BCUT2D eigenvalue weighted by Gasteiger charge is 2.33. The number of halogens is 1. The Hall–Kier alpha value is -2.14. The molecule has 2 aliphatic heterocycles. The zero-order chi connectivity index (χ0) is 17.9. The van der Waals surface area contributed by atoms with Crippen LogP contribution in [0.1, 0.15) is 55.4 Å². The predicted molar refractivity (Wildman–Crippen MR) is 102 cm³/mol. The minimum Gasteiger partial charge on any atom is -0.329 e. The lowest BCUT2D eigenvalue weighted by molar-refractivity contribution is -0.127. The van der Waals surface area contributed by atoms with Crippen molar-refractivity contribution in [2.45, 2.75) is 51.1 Å². The molecule has 1 aromatic heterocycles. The Morgan fingerprint density at radius 3 is 2.96 bits per heavy atom. The summed E-state index contributed by atoms with van der Waals surface area (Å²) in [5.74, 6) is 2.06. The standard InChI is InChI=1S/C20H23ClN4O/c21-16-7-4-6-15(14-16)10-11-19(26)24-13-5-8-17(24)20-23-22-18-9-2-1-3-12-25(18)20/h4,6-7,10-11,14,17H,1-3,5,8-9,12-13H2/b11-10+. The van der Waals surface area contributed by atoms with Crippen LogP contribution in [-0.2, 0) is 17.8 Å². The molecule has 1 unspecified atom stereocenters. The van der Waals surface area contributed by atoms with Gasteiger partial charge in [0.05, 0.1) is 6.04 Å². The van der Waals surface area contributed by atoms with Crippen molar-refractivity contribution in [3.63, 3.8) is 0 Å². The molecule has 2 aromatic rings. The topological polar surface area (TPSA) is 51.0 Å². The Morgan fingerprint density at radius 1 is 1.15 bits per heavy atom. The fraction of sp³-hybridized carbons (Fsp3) is 0.450. The van der Waals surface area contributed by atoms with Gasteiger partial charge in [-0.25, -0.2) is 0 Å². The number of likely N-dealkylation sites (tertiary alicyclic amines) is 1. The molecule has 0 N–H and O–H groups in total. The van der Waals surface area contributed by atoms with E-state index in [9.17, 15) is 4.79 Å². The van der Waals surface area contributed by atoms with E-state index in [2.05, 4.69) is 14.8 Å². The molecule has 0 aliphatic carbocycles. The first-order chi connectivity index (χ1) is 12.7. The van der Waals surface area contributed by atoms with Gasteiger partial charge in [0.1, 0.15) is 5.82 Å². The van der Waals surface area contributed by atoms with Crippen LogP contribution in [0.4, 0.5) is 0 Å². The van der Waals surface area contributed by atoms with Gasteiger partial charge in [0.15, 0.2) is 5.82 Å². The maximum atomic E-state index is 12.8. The molecule has 1 aromatic carbocycles. The van der Waals surface area contributed by atoms with Crippen LogP contribution in [0.3, 0.4) is 0 Å². The van der Waals surface area contributed by atoms with Crippen molar-refractivity contribution >= 4 is 23.6 Å². The van der Waals surface area contributed by atoms with Gasteiger partial charge in [0.25, 0.3) is 0 Å². The fourth-order valence-electron chi connectivity index (χ4n) is 3.93. The second kappa shape index (κ2) is 7.62. The third-order valence-electron chi connectivity index (χ3n) is 5.24. The molecule has 136 valence electrons. The molecule has 1 saturated heterocycles. The van der Waals surface area contributed by atoms with Gasteiger partial charge in [-0.2, -0.15) is 0 Å². The first-order valence-electron chi connectivity index (χ1n) is 9.38. The molecule has 0 bridgehead atoms. The number of rotatable bonds is 3. The van der Waals surface area contributed by atoms with Crippen molar-refractivity contribution in [3.05, 3.63) is 52.6 Å². The molecule has 0 spiro atoms. The molecular weight excluding hydrogens is 348 g/mol. The number of carbonyl (C=O) groups is 1. The van der Waals surface area contributed by atoms with E-state index < -0.39 is 0 Å². The van der Waals surface area contributed by atoms with Gasteiger partial charge in [-0.3, -0.25) is 4.79 Å². The van der Waals surface area contributed by atoms with Crippen molar-refractivity contribution in [1.29, 1.82) is 0 Å². The van der Waals surface area contributed by atoms with E-state index in [1.165, 1.54) is 12.8 Å². The van der Waals surface area contributed by atoms with Crippen molar-refractivity contribution in [2.24, 2.45) is 0 Å². The number of benzene rings is 1. The highest BCUT2D eigenvalue weighted by molar-refractivity contribution is 6.30. The van der Waals surface area contributed by atoms with E-state index in [0.29, 0.717) is 5.02 Å². The lowest BCUT2D eigenvalue weighted by Gasteiger charge is -2.23. The van der Waals surface area contributed by atoms with Gasteiger partial charge < -0.3 is 9.47 Å². The largest absolute Gasteiger partial charge is 0.329 e. The normalized spacial score (nSPS) is 20.3. The molecular formula is C20H23ClN4O. The minimum atomic E-state index is 0.0263. The molecule has 5 nitrogen and oxygen atoms in total. The predicted octanol–water partition coefficient (Wildman–Crippen LogP) is 4.03. The van der Waals surface area contributed by atoms with Gasteiger partial charge in [-0.1, -0.05) is 30.2 Å². The van der Waals surface area contributed by atoms with E-state index in [-0.39, 0.29) is 11.9 Å². The van der Waals surface area contributed by atoms with Crippen molar-refractivity contribution < 1.29 is 4.79 Å². The van der Waals surface area contributed by atoms with E-state index >= 15 is 0 Å². The molecule has 1 fully saturated rings. The monoisotopic (exact) mass is 370 g/mol. The third-order valence-corrected chi connectivity index (χ3v) is 5.47. The van der Waals surface area contributed by atoms with Crippen LogP contribution in [0, 0.1) is 0 Å². The quantitative estimate of drug-likeness (QED) is 0.766. The lowest BCUT2D eigenvalue weighted by Crippen LogP contribution is -2.30. The molecule has 3 heterocycles. The average molecular weight is 371 g/mol. The summed E-state index contributed by atoms with van der Waals surface area (Å²) in [6.45, 7) is 1.74. The van der Waals surface area contributed by atoms with Crippen LogP contribution in [0.15, 0.2) is 30.3 Å². The van der Waals surface area contributed by atoms with Gasteiger partial charge >= 0.3 is 0 Å². The van der Waals surface area contributed by atoms with Gasteiger partial charge in [0, 0.05) is 30.6 Å². The first kappa shape index (κ1) is 17.3. The second-order valence-electron chi connectivity index (χ2n) is 7.01. The summed E-state index contributed by atoms with van der Waals surface area (Å²) in [5.41, 5.74) is 0.929. The summed E-state index contributed by atoms with van der Waals surface area (Å²) in [7, 11) is 0.